The average Bonchev–Trinajstić information content (AvgIpc) is 2.45. The number of hydrogen-bond donors (Lipinski definition) is 2. The molecular formula is C15H17N3O2. The third-order valence-corrected chi connectivity index (χ3v) is 2.73. The van der Waals surface area contributed by atoms with Gasteiger partial charge >= 0.3 is 0 Å². The van der Waals surface area contributed by atoms with Gasteiger partial charge in [-0.2, -0.15) is 0 Å². The maximum Gasteiger partial charge on any atom is 0.263 e. The second kappa shape index (κ2) is 6.68. The van der Waals surface area contributed by atoms with Crippen LogP contribution in [0, 0.1) is 6.92 Å². The Morgan fingerprint density at radius 1 is 1.35 bits per heavy atom. The van der Waals surface area contributed by atoms with Crippen LogP contribution in [0.2, 0.25) is 0 Å². The van der Waals surface area contributed by atoms with Crippen molar-refractivity contribution in [2.75, 3.05) is 11.9 Å². The first kappa shape index (κ1) is 14.0. The van der Waals surface area contributed by atoms with Crippen LogP contribution < -0.4 is 15.8 Å². The Labute approximate surface area is 117 Å². The molecule has 1 aromatic carbocycles. The fraction of sp³-hybridized carbons (Fsp3) is 0.200. The van der Waals surface area contributed by atoms with E-state index in [1.807, 2.05) is 31.2 Å². The van der Waals surface area contributed by atoms with Crippen molar-refractivity contribution in [3.05, 3.63) is 53.7 Å². The third kappa shape index (κ3) is 3.80. The number of hydrogen-bond acceptors (Lipinski definition) is 4. The molecule has 104 valence electrons. The molecule has 2 rings (SSSR count). The number of benzene rings is 1. The van der Waals surface area contributed by atoms with Crippen LogP contribution >= 0.6 is 0 Å². The summed E-state index contributed by atoms with van der Waals surface area (Å²) in [6.45, 7) is 2.23. The summed E-state index contributed by atoms with van der Waals surface area (Å²) in [5.41, 5.74) is 7.51. The molecular weight excluding hydrogens is 254 g/mol. The van der Waals surface area contributed by atoms with Gasteiger partial charge in [-0.05, 0) is 30.7 Å². The summed E-state index contributed by atoms with van der Waals surface area (Å²) in [6.07, 6.45) is 1.65. The van der Waals surface area contributed by atoms with E-state index in [2.05, 4.69) is 10.3 Å². The Hall–Kier alpha value is -2.40. The zero-order valence-corrected chi connectivity index (χ0v) is 11.3. The molecule has 0 unspecified atom stereocenters. The van der Waals surface area contributed by atoms with E-state index in [4.69, 9.17) is 10.5 Å². The van der Waals surface area contributed by atoms with Crippen molar-refractivity contribution in [1.29, 1.82) is 0 Å². The molecule has 0 aliphatic rings. The van der Waals surface area contributed by atoms with Gasteiger partial charge in [-0.3, -0.25) is 4.79 Å². The number of nitrogens with zero attached hydrogens (tertiary/aromatic N) is 1. The van der Waals surface area contributed by atoms with E-state index in [-0.39, 0.29) is 12.5 Å². The smallest absolute Gasteiger partial charge is 0.263 e. The Balaban J connectivity index is 1.92. The number of aromatic nitrogens is 1. The van der Waals surface area contributed by atoms with Crippen molar-refractivity contribution < 1.29 is 9.53 Å². The summed E-state index contributed by atoms with van der Waals surface area (Å²) >= 11 is 0. The molecule has 2 aromatic rings. The number of carbonyl (C=O) groups excluding carboxylic acids is 1. The highest BCUT2D eigenvalue weighted by Gasteiger charge is 2.06. The maximum atomic E-state index is 11.8. The zero-order chi connectivity index (χ0) is 14.4. The van der Waals surface area contributed by atoms with E-state index >= 15 is 0 Å². The maximum absolute atomic E-state index is 11.8. The van der Waals surface area contributed by atoms with Crippen LogP contribution in [0.3, 0.4) is 0 Å². The van der Waals surface area contributed by atoms with Crippen molar-refractivity contribution in [3.63, 3.8) is 0 Å². The molecule has 0 saturated carbocycles. The second-order valence-electron chi connectivity index (χ2n) is 4.37. The van der Waals surface area contributed by atoms with Gasteiger partial charge in [0.25, 0.3) is 5.91 Å². The number of ether oxygens (including phenoxy) is 1. The van der Waals surface area contributed by atoms with E-state index in [1.54, 1.807) is 18.3 Å². The van der Waals surface area contributed by atoms with Crippen LogP contribution in [0.1, 0.15) is 11.1 Å². The predicted octanol–water partition coefficient (Wildman–Crippen LogP) is 1.87. The number of carbonyl (C=O) groups is 1. The number of aryl methyl sites for hydroxylation is 1. The predicted molar refractivity (Wildman–Crippen MR) is 77.4 cm³/mol. The van der Waals surface area contributed by atoms with Gasteiger partial charge in [-0.1, -0.05) is 18.2 Å². The lowest BCUT2D eigenvalue weighted by atomic mass is 10.2. The van der Waals surface area contributed by atoms with Gasteiger partial charge < -0.3 is 15.8 Å². The molecule has 0 radical (unpaired) electrons. The Bertz CT molecular complexity index is 599. The van der Waals surface area contributed by atoms with Crippen molar-refractivity contribution in [2.45, 2.75) is 13.5 Å². The average molecular weight is 271 g/mol. The molecule has 5 heteroatoms. The first-order valence-corrected chi connectivity index (χ1v) is 6.32. The van der Waals surface area contributed by atoms with Crippen molar-refractivity contribution >= 4 is 11.7 Å². The lowest BCUT2D eigenvalue weighted by Gasteiger charge is -2.10. The molecule has 0 fully saturated rings. The van der Waals surface area contributed by atoms with Crippen LogP contribution in [0.4, 0.5) is 5.82 Å². The topological polar surface area (TPSA) is 77.2 Å². The molecule has 20 heavy (non-hydrogen) atoms. The molecule has 1 aromatic heterocycles. The highest BCUT2D eigenvalue weighted by atomic mass is 16.5. The Morgan fingerprint density at radius 2 is 2.15 bits per heavy atom. The summed E-state index contributed by atoms with van der Waals surface area (Å²) in [5.74, 6) is 0.892. The summed E-state index contributed by atoms with van der Waals surface area (Å²) < 4.78 is 5.47. The van der Waals surface area contributed by atoms with E-state index in [0.29, 0.717) is 18.1 Å². The first-order chi connectivity index (χ1) is 9.69. The van der Waals surface area contributed by atoms with Crippen LogP contribution in [0.15, 0.2) is 42.6 Å². The normalized spacial score (nSPS) is 10.1. The molecule has 0 saturated heterocycles. The minimum Gasteiger partial charge on any atom is -0.483 e. The lowest BCUT2D eigenvalue weighted by Crippen LogP contribution is -2.21. The molecule has 0 aliphatic carbocycles. The van der Waals surface area contributed by atoms with Gasteiger partial charge in [0.05, 0.1) is 0 Å². The standard InChI is InChI=1S/C15H17N3O2/c1-11-6-7-17-14(8-11)18-15(19)10-20-13-5-3-2-4-12(13)9-16/h2-8H,9-10,16H2,1H3,(H,17,18,19). The zero-order valence-electron chi connectivity index (χ0n) is 11.3. The highest BCUT2D eigenvalue weighted by molar-refractivity contribution is 5.91. The van der Waals surface area contributed by atoms with Gasteiger partial charge in [0.15, 0.2) is 6.61 Å². The molecule has 5 nitrogen and oxygen atoms in total. The number of anilines is 1. The quantitative estimate of drug-likeness (QED) is 0.870. The Kier molecular flexibility index (Phi) is 4.68. The number of nitrogens with one attached hydrogen (secondary N) is 1. The van der Waals surface area contributed by atoms with E-state index < -0.39 is 0 Å². The molecule has 0 bridgehead atoms. The monoisotopic (exact) mass is 271 g/mol. The van der Waals surface area contributed by atoms with E-state index in [9.17, 15) is 4.79 Å². The van der Waals surface area contributed by atoms with Crippen LogP contribution in [-0.4, -0.2) is 17.5 Å². The molecule has 0 spiro atoms. The van der Waals surface area contributed by atoms with E-state index in [0.717, 1.165) is 11.1 Å². The lowest BCUT2D eigenvalue weighted by molar-refractivity contribution is -0.118. The Morgan fingerprint density at radius 3 is 2.90 bits per heavy atom. The summed E-state index contributed by atoms with van der Waals surface area (Å²) in [7, 11) is 0. The number of amides is 1. The van der Waals surface area contributed by atoms with Gasteiger partial charge in [0, 0.05) is 18.3 Å². The summed E-state index contributed by atoms with van der Waals surface area (Å²) in [6, 6.07) is 11.0. The second-order valence-corrected chi connectivity index (χ2v) is 4.37. The van der Waals surface area contributed by atoms with Gasteiger partial charge in [-0.25, -0.2) is 4.98 Å². The minimum absolute atomic E-state index is 0.0768. The third-order valence-electron chi connectivity index (χ3n) is 2.73. The number of rotatable bonds is 5. The molecule has 3 N–H and O–H groups in total. The number of nitrogens with two attached hydrogens (primary N) is 1. The minimum atomic E-state index is -0.255. The van der Waals surface area contributed by atoms with Gasteiger partial charge in [0.1, 0.15) is 11.6 Å². The van der Waals surface area contributed by atoms with Gasteiger partial charge in [0.2, 0.25) is 0 Å². The summed E-state index contributed by atoms with van der Waals surface area (Å²) in [4.78, 5) is 15.9. The van der Waals surface area contributed by atoms with E-state index in [1.165, 1.54) is 0 Å². The van der Waals surface area contributed by atoms with Crippen molar-refractivity contribution in [2.24, 2.45) is 5.73 Å². The SMILES string of the molecule is Cc1ccnc(NC(=O)COc2ccccc2CN)c1. The fourth-order valence-corrected chi connectivity index (χ4v) is 1.74. The molecule has 1 heterocycles. The molecule has 0 atom stereocenters. The highest BCUT2D eigenvalue weighted by Crippen LogP contribution is 2.17. The number of pyridine rings is 1. The largest absolute Gasteiger partial charge is 0.483 e. The first-order valence-electron chi connectivity index (χ1n) is 6.32. The number of para-hydroxylation sites is 1. The fourth-order valence-electron chi connectivity index (χ4n) is 1.74. The summed E-state index contributed by atoms with van der Waals surface area (Å²) in [5, 5.41) is 2.68. The van der Waals surface area contributed by atoms with Crippen LogP contribution in [-0.2, 0) is 11.3 Å². The van der Waals surface area contributed by atoms with Gasteiger partial charge in [-0.15, -0.1) is 0 Å². The van der Waals surface area contributed by atoms with Crippen LogP contribution in [0.5, 0.6) is 5.75 Å². The van der Waals surface area contributed by atoms with Crippen LogP contribution in [0.25, 0.3) is 0 Å². The molecule has 0 aliphatic heterocycles. The van der Waals surface area contributed by atoms with Crippen molar-refractivity contribution in [1.82, 2.24) is 4.98 Å². The molecule has 1 amide bonds. The van der Waals surface area contributed by atoms with Crippen molar-refractivity contribution in [3.8, 4) is 5.75 Å².